The minimum atomic E-state index is -0.974. The van der Waals surface area contributed by atoms with Crippen LogP contribution in [0.2, 0.25) is 0 Å². The van der Waals surface area contributed by atoms with Gasteiger partial charge in [0.15, 0.2) is 11.4 Å². The van der Waals surface area contributed by atoms with Gasteiger partial charge in [0.25, 0.3) is 0 Å². The summed E-state index contributed by atoms with van der Waals surface area (Å²) < 4.78 is 7.09. The lowest BCUT2D eigenvalue weighted by Gasteiger charge is -2.02. The average molecular weight is 291 g/mol. The molecule has 0 fully saturated rings. The molecular formula is C14H17N3O4. The van der Waals surface area contributed by atoms with Crippen LogP contribution in [0, 0.1) is 0 Å². The summed E-state index contributed by atoms with van der Waals surface area (Å²) >= 11 is 0. The van der Waals surface area contributed by atoms with Crippen LogP contribution in [-0.4, -0.2) is 40.0 Å². The first kappa shape index (κ1) is 14.8. The fourth-order valence-electron chi connectivity index (χ4n) is 1.96. The second-order valence-corrected chi connectivity index (χ2v) is 4.53. The maximum Gasteiger partial charge on any atom is 0.303 e. The highest BCUT2D eigenvalue weighted by molar-refractivity contribution is 5.80. The van der Waals surface area contributed by atoms with Crippen LogP contribution < -0.4 is 10.1 Å². The van der Waals surface area contributed by atoms with Crippen molar-refractivity contribution in [2.24, 2.45) is 0 Å². The fraction of sp³-hybridized carbons (Fsp3) is 0.357. The minimum Gasteiger partial charge on any atom is -0.493 e. The Bertz CT molecular complexity index is 651. The summed E-state index contributed by atoms with van der Waals surface area (Å²) in [5.41, 5.74) is 1.56. The van der Waals surface area contributed by atoms with Crippen molar-refractivity contribution in [3.63, 3.8) is 0 Å². The van der Waals surface area contributed by atoms with Gasteiger partial charge in [0, 0.05) is 31.8 Å². The quantitative estimate of drug-likeness (QED) is 0.789. The number of ether oxygens (including phenoxy) is 1. The van der Waals surface area contributed by atoms with E-state index in [9.17, 15) is 9.59 Å². The second kappa shape index (κ2) is 6.74. The standard InChI is InChI=1S/C14H17N3O4/c1-21-11-3-2-8-17-9-10(16-14(11)17)6-7-15-12(18)4-5-13(19)20/h2-3,8-9H,4-7H2,1H3,(H,15,18)(H,19,20). The van der Waals surface area contributed by atoms with Gasteiger partial charge in [-0.1, -0.05) is 0 Å². The first-order valence-electron chi connectivity index (χ1n) is 6.59. The van der Waals surface area contributed by atoms with E-state index in [0.717, 1.165) is 11.3 Å². The number of aromatic nitrogens is 2. The fourth-order valence-corrected chi connectivity index (χ4v) is 1.96. The first-order chi connectivity index (χ1) is 10.1. The molecule has 7 heteroatoms. The average Bonchev–Trinajstić information content (AvgIpc) is 2.87. The Kier molecular flexibility index (Phi) is 4.76. The van der Waals surface area contributed by atoms with Gasteiger partial charge in [-0.2, -0.15) is 0 Å². The Hall–Kier alpha value is -2.57. The summed E-state index contributed by atoms with van der Waals surface area (Å²) in [5, 5.41) is 11.2. The molecule has 0 saturated carbocycles. The Balaban J connectivity index is 1.89. The molecule has 2 rings (SSSR count). The number of carbonyl (C=O) groups is 2. The maximum absolute atomic E-state index is 11.4. The summed E-state index contributed by atoms with van der Waals surface area (Å²) in [4.78, 5) is 26.2. The molecule has 0 aliphatic carbocycles. The number of carbonyl (C=O) groups excluding carboxylic acids is 1. The van der Waals surface area contributed by atoms with Crippen molar-refractivity contribution >= 4 is 17.5 Å². The van der Waals surface area contributed by atoms with Crippen molar-refractivity contribution in [2.75, 3.05) is 13.7 Å². The number of rotatable bonds is 7. The van der Waals surface area contributed by atoms with E-state index in [0.29, 0.717) is 18.7 Å². The molecular weight excluding hydrogens is 274 g/mol. The predicted octanol–water partition coefficient (Wildman–Crippen LogP) is 0.866. The smallest absolute Gasteiger partial charge is 0.303 e. The molecule has 0 aliphatic rings. The molecule has 112 valence electrons. The lowest BCUT2D eigenvalue weighted by atomic mass is 10.3. The summed E-state index contributed by atoms with van der Waals surface area (Å²) in [6.07, 6.45) is 4.16. The topological polar surface area (TPSA) is 92.9 Å². The second-order valence-electron chi connectivity index (χ2n) is 4.53. The molecule has 2 N–H and O–H groups in total. The van der Waals surface area contributed by atoms with Gasteiger partial charge in [0.2, 0.25) is 5.91 Å². The summed E-state index contributed by atoms with van der Waals surface area (Å²) in [6, 6.07) is 3.70. The van der Waals surface area contributed by atoms with E-state index in [1.54, 1.807) is 7.11 Å². The Morgan fingerprint density at radius 1 is 1.43 bits per heavy atom. The number of carboxylic acids is 1. The highest BCUT2D eigenvalue weighted by Crippen LogP contribution is 2.18. The van der Waals surface area contributed by atoms with Crippen LogP contribution in [0.25, 0.3) is 5.65 Å². The molecule has 0 bridgehead atoms. The van der Waals surface area contributed by atoms with E-state index >= 15 is 0 Å². The number of nitrogens with one attached hydrogen (secondary N) is 1. The van der Waals surface area contributed by atoms with Crippen molar-refractivity contribution < 1.29 is 19.4 Å². The number of imidazole rings is 1. The largest absolute Gasteiger partial charge is 0.493 e. The number of aliphatic carboxylic acids is 1. The van der Waals surface area contributed by atoms with Crippen molar-refractivity contribution in [3.8, 4) is 5.75 Å². The van der Waals surface area contributed by atoms with Crippen LogP contribution in [-0.2, 0) is 16.0 Å². The SMILES string of the molecule is COc1cccn2cc(CCNC(=O)CCC(=O)O)nc12. The number of pyridine rings is 1. The van der Waals surface area contributed by atoms with Gasteiger partial charge in [-0.3, -0.25) is 9.59 Å². The van der Waals surface area contributed by atoms with Gasteiger partial charge in [0.05, 0.1) is 19.2 Å². The van der Waals surface area contributed by atoms with Crippen LogP contribution in [0.1, 0.15) is 18.5 Å². The van der Waals surface area contributed by atoms with E-state index in [1.807, 2.05) is 28.9 Å². The number of carboxylic acid groups (broad SMARTS) is 1. The normalized spacial score (nSPS) is 10.5. The van der Waals surface area contributed by atoms with Gasteiger partial charge in [-0.25, -0.2) is 4.98 Å². The van der Waals surface area contributed by atoms with Crippen LogP contribution in [0.5, 0.6) is 5.75 Å². The molecule has 7 nitrogen and oxygen atoms in total. The van der Waals surface area contributed by atoms with Crippen molar-refractivity contribution in [3.05, 3.63) is 30.2 Å². The molecule has 0 unspecified atom stereocenters. The number of amides is 1. The van der Waals surface area contributed by atoms with Crippen LogP contribution in [0.3, 0.4) is 0 Å². The number of hydrogen-bond donors (Lipinski definition) is 2. The van der Waals surface area contributed by atoms with Crippen LogP contribution in [0.15, 0.2) is 24.5 Å². The molecule has 1 amide bonds. The highest BCUT2D eigenvalue weighted by Gasteiger charge is 2.08. The summed E-state index contributed by atoms with van der Waals surface area (Å²) in [5.74, 6) is -0.550. The van der Waals surface area contributed by atoms with Gasteiger partial charge in [-0.15, -0.1) is 0 Å². The molecule has 0 radical (unpaired) electrons. The number of hydrogen-bond acceptors (Lipinski definition) is 4. The first-order valence-corrected chi connectivity index (χ1v) is 6.59. The zero-order chi connectivity index (χ0) is 15.2. The van der Waals surface area contributed by atoms with Crippen LogP contribution >= 0.6 is 0 Å². The molecule has 2 aromatic rings. The van der Waals surface area contributed by atoms with E-state index < -0.39 is 5.97 Å². The molecule has 21 heavy (non-hydrogen) atoms. The predicted molar refractivity (Wildman–Crippen MR) is 75.3 cm³/mol. The van der Waals surface area contributed by atoms with E-state index in [1.165, 1.54) is 0 Å². The molecule has 0 saturated heterocycles. The Labute approximate surface area is 121 Å². The van der Waals surface area contributed by atoms with Gasteiger partial charge in [0.1, 0.15) is 0 Å². The molecule has 2 aromatic heterocycles. The van der Waals surface area contributed by atoms with Crippen LogP contribution in [0.4, 0.5) is 0 Å². The molecule has 0 atom stereocenters. The lowest BCUT2D eigenvalue weighted by Crippen LogP contribution is -2.26. The minimum absolute atomic E-state index is 0.00563. The van der Waals surface area contributed by atoms with Crippen molar-refractivity contribution in [2.45, 2.75) is 19.3 Å². The van der Waals surface area contributed by atoms with E-state index in [2.05, 4.69) is 10.3 Å². The maximum atomic E-state index is 11.4. The highest BCUT2D eigenvalue weighted by atomic mass is 16.5. The molecule has 2 heterocycles. The number of methoxy groups -OCH3 is 1. The summed E-state index contributed by atoms with van der Waals surface area (Å²) in [6.45, 7) is 0.421. The van der Waals surface area contributed by atoms with E-state index in [4.69, 9.17) is 9.84 Å². The molecule has 0 spiro atoms. The van der Waals surface area contributed by atoms with Gasteiger partial charge >= 0.3 is 5.97 Å². The zero-order valence-corrected chi connectivity index (χ0v) is 11.7. The van der Waals surface area contributed by atoms with Crippen molar-refractivity contribution in [1.29, 1.82) is 0 Å². The number of nitrogens with zero attached hydrogens (tertiary/aromatic N) is 2. The third kappa shape index (κ3) is 3.95. The molecule has 0 aliphatic heterocycles. The summed E-state index contributed by atoms with van der Waals surface area (Å²) in [7, 11) is 1.59. The number of fused-ring (bicyclic) bond motifs is 1. The third-order valence-corrected chi connectivity index (χ3v) is 2.99. The van der Waals surface area contributed by atoms with Gasteiger partial charge < -0.3 is 19.6 Å². The van der Waals surface area contributed by atoms with Gasteiger partial charge in [-0.05, 0) is 12.1 Å². The Morgan fingerprint density at radius 2 is 2.24 bits per heavy atom. The third-order valence-electron chi connectivity index (χ3n) is 2.99. The Morgan fingerprint density at radius 3 is 2.95 bits per heavy atom. The lowest BCUT2D eigenvalue weighted by molar-refractivity contribution is -0.138. The zero-order valence-electron chi connectivity index (χ0n) is 11.7. The van der Waals surface area contributed by atoms with Crippen molar-refractivity contribution in [1.82, 2.24) is 14.7 Å². The monoisotopic (exact) mass is 291 g/mol. The van der Waals surface area contributed by atoms with E-state index in [-0.39, 0.29) is 18.7 Å². The molecule has 0 aromatic carbocycles.